The number of hydrogen-bond acceptors (Lipinski definition) is 1. The molecule has 0 aromatic heterocycles. The van der Waals surface area contributed by atoms with Crippen molar-refractivity contribution in [3.8, 4) is 0 Å². The average Bonchev–Trinajstić information content (AvgIpc) is 2.95. The van der Waals surface area contributed by atoms with Crippen LogP contribution < -0.4 is 5.32 Å². The largest absolute Gasteiger partial charge is 0.326 e. The Bertz CT molecular complexity index is 369. The van der Waals surface area contributed by atoms with Crippen LogP contribution in [0.4, 0.5) is 5.69 Å². The molecule has 108 valence electrons. The fourth-order valence-electron chi connectivity index (χ4n) is 2.49. The van der Waals surface area contributed by atoms with Crippen molar-refractivity contribution in [3.05, 3.63) is 29.8 Å². The summed E-state index contributed by atoms with van der Waals surface area (Å²) in [5.74, 6) is 0.944. The van der Waals surface area contributed by atoms with E-state index in [0.29, 0.717) is 6.42 Å². The molecule has 0 unspecified atom stereocenters. The zero-order chi connectivity index (χ0) is 14.1. The molecule has 0 aliphatic heterocycles. The Kier molecular flexibility index (Phi) is 7.24. The fraction of sp³-hybridized carbons (Fsp3) is 0.588. The Morgan fingerprint density at radius 1 is 1.21 bits per heavy atom. The summed E-state index contributed by atoms with van der Waals surface area (Å²) in [6, 6.07) is 7.96. The summed E-state index contributed by atoms with van der Waals surface area (Å²) in [5.41, 5.74) is 2.13. The summed E-state index contributed by atoms with van der Waals surface area (Å²) in [6.07, 6.45) is 7.06. The van der Waals surface area contributed by atoms with Crippen LogP contribution in [0.3, 0.4) is 0 Å². The first-order chi connectivity index (χ1) is 9.24. The van der Waals surface area contributed by atoms with E-state index in [0.717, 1.165) is 18.0 Å². The van der Waals surface area contributed by atoms with Crippen molar-refractivity contribution in [3.63, 3.8) is 0 Å². The molecule has 0 heterocycles. The maximum atomic E-state index is 11.7. The van der Waals surface area contributed by atoms with E-state index in [2.05, 4.69) is 5.32 Å². The van der Waals surface area contributed by atoms with Crippen molar-refractivity contribution in [2.24, 2.45) is 5.92 Å². The van der Waals surface area contributed by atoms with Gasteiger partial charge >= 0.3 is 0 Å². The van der Waals surface area contributed by atoms with E-state index in [1.165, 1.54) is 31.2 Å². The molecule has 1 saturated carbocycles. The van der Waals surface area contributed by atoms with Gasteiger partial charge in [-0.25, -0.2) is 0 Å². The minimum absolute atomic E-state index is 0. The lowest BCUT2D eigenvalue weighted by molar-refractivity contribution is -0.116. The van der Waals surface area contributed by atoms with Gasteiger partial charge in [0.05, 0.1) is 0 Å². The van der Waals surface area contributed by atoms with Gasteiger partial charge < -0.3 is 5.32 Å². The Balaban J connectivity index is 0.00000115. The number of aryl methyl sites for hydroxylation is 1. The van der Waals surface area contributed by atoms with Crippen LogP contribution >= 0.6 is 0 Å². The molecule has 0 spiro atoms. The van der Waals surface area contributed by atoms with Gasteiger partial charge in [-0.3, -0.25) is 4.79 Å². The number of amides is 1. The van der Waals surface area contributed by atoms with E-state index in [1.807, 2.05) is 45.0 Å². The topological polar surface area (TPSA) is 29.1 Å². The van der Waals surface area contributed by atoms with Crippen LogP contribution in [0.15, 0.2) is 24.3 Å². The second-order valence-electron chi connectivity index (χ2n) is 5.10. The maximum Gasteiger partial charge on any atom is 0.224 e. The van der Waals surface area contributed by atoms with Crippen LogP contribution in [0.5, 0.6) is 0 Å². The Morgan fingerprint density at radius 3 is 2.37 bits per heavy atom. The van der Waals surface area contributed by atoms with Crippen LogP contribution in [0.25, 0.3) is 0 Å². The van der Waals surface area contributed by atoms with Gasteiger partial charge in [-0.2, -0.15) is 0 Å². The van der Waals surface area contributed by atoms with Crippen LogP contribution in [0, 0.1) is 12.8 Å². The van der Waals surface area contributed by atoms with Gasteiger partial charge in [-0.15, -0.1) is 0 Å². The van der Waals surface area contributed by atoms with E-state index in [-0.39, 0.29) is 7.33 Å². The van der Waals surface area contributed by atoms with Gasteiger partial charge in [-0.05, 0) is 31.4 Å². The van der Waals surface area contributed by atoms with Gasteiger partial charge in [0.25, 0.3) is 0 Å². The molecule has 1 aromatic rings. The van der Waals surface area contributed by atoms with Crippen LogP contribution in [-0.2, 0) is 4.79 Å². The molecular formula is C17H29NO. The van der Waals surface area contributed by atoms with Crippen molar-refractivity contribution in [2.75, 3.05) is 5.32 Å². The summed E-state index contributed by atoms with van der Waals surface area (Å²) < 4.78 is 0. The highest BCUT2D eigenvalue weighted by Crippen LogP contribution is 2.28. The van der Waals surface area contributed by atoms with Gasteiger partial charge in [0, 0.05) is 13.5 Å². The molecule has 0 atom stereocenters. The third-order valence-corrected chi connectivity index (χ3v) is 3.59. The summed E-state index contributed by atoms with van der Waals surface area (Å²) in [7, 11) is 0. The summed E-state index contributed by atoms with van der Waals surface area (Å²) in [6.45, 7) is 6.05. The van der Waals surface area contributed by atoms with E-state index in [1.54, 1.807) is 0 Å². The van der Waals surface area contributed by atoms with Crippen molar-refractivity contribution in [2.45, 2.75) is 59.3 Å². The van der Waals surface area contributed by atoms with E-state index in [9.17, 15) is 4.79 Å². The normalized spacial score (nSPS) is 14.7. The van der Waals surface area contributed by atoms with Crippen LogP contribution in [-0.4, -0.2) is 5.91 Å². The first-order valence-corrected chi connectivity index (χ1v) is 7.60. The first kappa shape index (κ1) is 15.7. The monoisotopic (exact) mass is 263 g/mol. The third kappa shape index (κ3) is 5.91. The minimum atomic E-state index is 0. The number of anilines is 1. The van der Waals surface area contributed by atoms with E-state index in [4.69, 9.17) is 0 Å². The molecule has 0 saturated heterocycles. The number of benzene rings is 1. The van der Waals surface area contributed by atoms with Gasteiger partial charge in [-0.1, -0.05) is 57.2 Å². The summed E-state index contributed by atoms with van der Waals surface area (Å²) >= 11 is 0. The van der Waals surface area contributed by atoms with Crippen molar-refractivity contribution >= 4 is 11.6 Å². The quantitative estimate of drug-likeness (QED) is 0.797. The Labute approximate surface area is 119 Å². The molecule has 1 aliphatic carbocycles. The maximum absolute atomic E-state index is 11.7. The summed E-state index contributed by atoms with van der Waals surface area (Å²) in [4.78, 5) is 11.7. The number of nitrogens with one attached hydrogen (secondary N) is 1. The highest BCUT2D eigenvalue weighted by atomic mass is 16.1. The smallest absolute Gasteiger partial charge is 0.224 e. The van der Waals surface area contributed by atoms with E-state index < -0.39 is 0 Å². The predicted octanol–water partition coefficient (Wildman–Crippen LogP) is 5.18. The number of carbonyl (C=O) groups excluding carboxylic acids is 1. The molecule has 1 fully saturated rings. The average molecular weight is 263 g/mol. The molecule has 1 N–H and O–H groups in total. The van der Waals surface area contributed by atoms with Crippen LogP contribution in [0.2, 0.25) is 0 Å². The molecule has 2 nitrogen and oxygen atoms in total. The second kappa shape index (κ2) is 8.73. The minimum Gasteiger partial charge on any atom is -0.326 e. The lowest BCUT2D eigenvalue weighted by Crippen LogP contribution is -2.12. The molecule has 1 amide bonds. The molecule has 2 rings (SSSR count). The lowest BCUT2D eigenvalue weighted by atomic mass is 10.0. The molecule has 19 heavy (non-hydrogen) atoms. The number of hydrogen-bond donors (Lipinski definition) is 1. The number of carbonyl (C=O) groups is 1. The highest BCUT2D eigenvalue weighted by Gasteiger charge is 2.15. The van der Waals surface area contributed by atoms with Crippen molar-refractivity contribution in [1.82, 2.24) is 0 Å². The second-order valence-corrected chi connectivity index (χ2v) is 5.10. The lowest BCUT2D eigenvalue weighted by Gasteiger charge is -2.09. The van der Waals surface area contributed by atoms with Crippen molar-refractivity contribution in [1.29, 1.82) is 0 Å². The Hall–Kier alpha value is -1.31. The summed E-state index contributed by atoms with van der Waals surface area (Å²) in [5, 5.41) is 2.95. The van der Waals surface area contributed by atoms with Crippen LogP contribution in [0.1, 0.15) is 59.4 Å². The predicted molar refractivity (Wildman–Crippen MR) is 84.5 cm³/mol. The standard InChI is InChI=1S/C15H21NO.C2H6.H2/c1-12-6-9-14(10-7-12)16-15(17)11-8-13-4-2-3-5-13;1-2;/h6-7,9-10,13H,2-5,8,11H2,1H3,(H,16,17);1-2H3;1H. The van der Waals surface area contributed by atoms with Crippen molar-refractivity contribution < 1.29 is 6.22 Å². The SMILES string of the molecule is CC.Cc1ccc(NC(=O)CCC2CCCC2)cc1.[HH]. The van der Waals surface area contributed by atoms with E-state index >= 15 is 0 Å². The van der Waals surface area contributed by atoms with Gasteiger partial charge in [0.15, 0.2) is 0 Å². The third-order valence-electron chi connectivity index (χ3n) is 3.59. The molecule has 0 bridgehead atoms. The molecule has 1 aromatic carbocycles. The van der Waals surface area contributed by atoms with Gasteiger partial charge in [0.2, 0.25) is 5.91 Å². The molecule has 0 radical (unpaired) electrons. The zero-order valence-corrected chi connectivity index (χ0v) is 12.5. The zero-order valence-electron chi connectivity index (χ0n) is 12.5. The highest BCUT2D eigenvalue weighted by molar-refractivity contribution is 5.90. The first-order valence-electron chi connectivity index (χ1n) is 7.60. The van der Waals surface area contributed by atoms with Gasteiger partial charge in [0.1, 0.15) is 0 Å². The molecule has 2 heteroatoms. The molecule has 1 aliphatic rings. The molecular weight excluding hydrogens is 234 g/mol. The number of rotatable bonds is 4. The Morgan fingerprint density at radius 2 is 1.79 bits per heavy atom. The fourth-order valence-corrected chi connectivity index (χ4v) is 2.49.